The summed E-state index contributed by atoms with van der Waals surface area (Å²) < 4.78 is 0. The Morgan fingerprint density at radius 2 is 1.92 bits per heavy atom. The molecule has 1 amide bonds. The normalized spacial score (nSPS) is 10.9. The van der Waals surface area contributed by atoms with E-state index in [1.165, 1.54) is 0 Å². The number of hydrogen-bond donors (Lipinski definition) is 1. The van der Waals surface area contributed by atoms with Crippen molar-refractivity contribution in [2.75, 3.05) is 6.54 Å². The van der Waals surface area contributed by atoms with Gasteiger partial charge in [-0.1, -0.05) is 42.8 Å². The van der Waals surface area contributed by atoms with Crippen LogP contribution in [0.1, 0.15) is 34.8 Å². The van der Waals surface area contributed by atoms with E-state index < -0.39 is 0 Å². The highest BCUT2D eigenvalue weighted by molar-refractivity contribution is 6.30. The minimum atomic E-state index is -0.160. The Morgan fingerprint density at radius 1 is 1.15 bits per heavy atom. The van der Waals surface area contributed by atoms with Crippen molar-refractivity contribution >= 4 is 28.4 Å². The molecule has 2 aromatic carbocycles. The van der Waals surface area contributed by atoms with Crippen molar-refractivity contribution in [3.05, 3.63) is 80.6 Å². The second-order valence-corrected chi connectivity index (χ2v) is 6.84. The molecule has 26 heavy (non-hydrogen) atoms. The molecular formula is C21H21ClN2O2. The lowest BCUT2D eigenvalue weighted by molar-refractivity contribution is 0.0742. The number of carbonyl (C=O) groups is 1. The SMILES string of the molecule is CCCN(Cc1cc2cccc(C)c2[nH]c1=O)C(=O)c1cccc(Cl)c1. The zero-order chi connectivity index (χ0) is 18.7. The lowest BCUT2D eigenvalue weighted by Gasteiger charge is -2.22. The van der Waals surface area contributed by atoms with Crippen LogP contribution in [0.4, 0.5) is 0 Å². The van der Waals surface area contributed by atoms with E-state index in [-0.39, 0.29) is 18.0 Å². The highest BCUT2D eigenvalue weighted by Gasteiger charge is 2.17. The van der Waals surface area contributed by atoms with Crippen LogP contribution in [0.5, 0.6) is 0 Å². The van der Waals surface area contributed by atoms with Crippen LogP contribution < -0.4 is 5.56 Å². The van der Waals surface area contributed by atoms with E-state index >= 15 is 0 Å². The fourth-order valence-corrected chi connectivity index (χ4v) is 3.27. The Hall–Kier alpha value is -2.59. The number of aryl methyl sites for hydroxylation is 1. The Balaban J connectivity index is 1.95. The van der Waals surface area contributed by atoms with Crippen molar-refractivity contribution in [3.8, 4) is 0 Å². The summed E-state index contributed by atoms with van der Waals surface area (Å²) in [6.07, 6.45) is 0.802. The summed E-state index contributed by atoms with van der Waals surface area (Å²) in [6.45, 7) is 4.80. The molecule has 0 saturated heterocycles. The van der Waals surface area contributed by atoms with Crippen molar-refractivity contribution in [1.29, 1.82) is 0 Å². The largest absolute Gasteiger partial charge is 0.334 e. The molecule has 1 heterocycles. The Kier molecular flexibility index (Phi) is 5.43. The van der Waals surface area contributed by atoms with Crippen LogP contribution >= 0.6 is 11.6 Å². The number of nitrogens with zero attached hydrogens (tertiary/aromatic N) is 1. The van der Waals surface area contributed by atoms with E-state index in [4.69, 9.17) is 11.6 Å². The van der Waals surface area contributed by atoms with Crippen LogP contribution in [-0.4, -0.2) is 22.3 Å². The van der Waals surface area contributed by atoms with Gasteiger partial charge in [0.1, 0.15) is 0 Å². The summed E-state index contributed by atoms with van der Waals surface area (Å²) in [6, 6.07) is 14.6. The van der Waals surface area contributed by atoms with Crippen molar-refractivity contribution < 1.29 is 4.79 Å². The minimum absolute atomic E-state index is 0.127. The molecule has 0 aliphatic heterocycles. The zero-order valence-electron chi connectivity index (χ0n) is 14.9. The first-order chi connectivity index (χ1) is 12.5. The molecule has 1 aromatic heterocycles. The van der Waals surface area contributed by atoms with Gasteiger partial charge in [0, 0.05) is 22.7 Å². The molecular weight excluding hydrogens is 348 g/mol. The number of benzene rings is 2. The van der Waals surface area contributed by atoms with Gasteiger partial charge in [0.2, 0.25) is 0 Å². The fraction of sp³-hybridized carbons (Fsp3) is 0.238. The fourth-order valence-electron chi connectivity index (χ4n) is 3.08. The molecule has 134 valence electrons. The number of halogens is 1. The number of aromatic amines is 1. The zero-order valence-corrected chi connectivity index (χ0v) is 15.6. The predicted octanol–water partition coefficient (Wildman–Crippen LogP) is 4.54. The number of rotatable bonds is 5. The van der Waals surface area contributed by atoms with Crippen molar-refractivity contribution in [2.45, 2.75) is 26.8 Å². The van der Waals surface area contributed by atoms with E-state index in [1.54, 1.807) is 29.2 Å². The van der Waals surface area contributed by atoms with E-state index in [0.29, 0.717) is 22.7 Å². The molecule has 4 nitrogen and oxygen atoms in total. The van der Waals surface area contributed by atoms with Crippen molar-refractivity contribution in [1.82, 2.24) is 9.88 Å². The van der Waals surface area contributed by atoms with Gasteiger partial charge in [-0.15, -0.1) is 0 Å². The predicted molar refractivity (Wildman–Crippen MR) is 106 cm³/mol. The number of fused-ring (bicyclic) bond motifs is 1. The van der Waals surface area contributed by atoms with Crippen LogP contribution in [0.25, 0.3) is 10.9 Å². The molecule has 3 aromatic rings. The standard InChI is InChI=1S/C21H21ClN2O2/c1-3-10-24(21(26)16-8-5-9-18(22)12-16)13-17-11-15-7-4-6-14(2)19(15)23-20(17)25/h4-9,11-12H,3,10,13H2,1-2H3,(H,23,25). The quantitative estimate of drug-likeness (QED) is 0.718. The van der Waals surface area contributed by atoms with Crippen LogP contribution in [0.15, 0.2) is 53.3 Å². The Bertz CT molecular complexity index is 1010. The average Bonchev–Trinajstić information content (AvgIpc) is 2.62. The second kappa shape index (κ2) is 7.75. The summed E-state index contributed by atoms with van der Waals surface area (Å²) in [5.41, 5.74) is 2.80. The van der Waals surface area contributed by atoms with Gasteiger partial charge in [-0.05, 0) is 48.6 Å². The first-order valence-corrected chi connectivity index (χ1v) is 9.03. The third-order valence-electron chi connectivity index (χ3n) is 4.38. The third kappa shape index (κ3) is 3.81. The van der Waals surface area contributed by atoms with Gasteiger partial charge >= 0.3 is 0 Å². The molecule has 3 rings (SSSR count). The molecule has 0 saturated carbocycles. The van der Waals surface area contributed by atoms with Crippen LogP contribution in [0.3, 0.4) is 0 Å². The van der Waals surface area contributed by atoms with E-state index in [0.717, 1.165) is 22.9 Å². The number of amides is 1. The molecule has 0 unspecified atom stereocenters. The van der Waals surface area contributed by atoms with Crippen LogP contribution in [0, 0.1) is 6.92 Å². The first-order valence-electron chi connectivity index (χ1n) is 8.66. The van der Waals surface area contributed by atoms with Crippen LogP contribution in [0.2, 0.25) is 5.02 Å². The van der Waals surface area contributed by atoms with Crippen LogP contribution in [-0.2, 0) is 6.54 Å². The molecule has 0 radical (unpaired) electrons. The first kappa shape index (κ1) is 18.2. The topological polar surface area (TPSA) is 53.2 Å². The smallest absolute Gasteiger partial charge is 0.254 e. The molecule has 0 bridgehead atoms. The molecule has 0 atom stereocenters. The average molecular weight is 369 g/mol. The van der Waals surface area contributed by atoms with Gasteiger partial charge in [-0.25, -0.2) is 0 Å². The molecule has 5 heteroatoms. The summed E-state index contributed by atoms with van der Waals surface area (Å²) in [4.78, 5) is 30.0. The maximum Gasteiger partial charge on any atom is 0.254 e. The molecule has 1 N–H and O–H groups in total. The molecule has 0 aliphatic carbocycles. The number of carbonyl (C=O) groups excluding carboxylic acids is 1. The minimum Gasteiger partial charge on any atom is -0.334 e. The summed E-state index contributed by atoms with van der Waals surface area (Å²) in [5.74, 6) is -0.127. The Morgan fingerprint density at radius 3 is 2.65 bits per heavy atom. The lowest BCUT2D eigenvalue weighted by Crippen LogP contribution is -2.33. The number of aromatic nitrogens is 1. The maximum atomic E-state index is 12.9. The number of hydrogen-bond acceptors (Lipinski definition) is 2. The number of nitrogens with one attached hydrogen (secondary N) is 1. The Labute approximate surface area is 157 Å². The summed E-state index contributed by atoms with van der Waals surface area (Å²) in [7, 11) is 0. The van der Waals surface area contributed by atoms with E-state index in [9.17, 15) is 9.59 Å². The highest BCUT2D eigenvalue weighted by Crippen LogP contribution is 2.18. The highest BCUT2D eigenvalue weighted by atomic mass is 35.5. The van der Waals surface area contributed by atoms with Gasteiger partial charge < -0.3 is 9.88 Å². The monoisotopic (exact) mass is 368 g/mol. The maximum absolute atomic E-state index is 12.9. The molecule has 0 aliphatic rings. The van der Waals surface area contributed by atoms with Gasteiger partial charge in [0.15, 0.2) is 0 Å². The van der Waals surface area contributed by atoms with E-state index in [1.807, 2.05) is 38.1 Å². The summed E-state index contributed by atoms with van der Waals surface area (Å²) >= 11 is 6.01. The van der Waals surface area contributed by atoms with Gasteiger partial charge in [0.25, 0.3) is 11.5 Å². The molecule has 0 spiro atoms. The van der Waals surface area contributed by atoms with Gasteiger partial charge in [0.05, 0.1) is 12.1 Å². The number of pyridine rings is 1. The van der Waals surface area contributed by atoms with Gasteiger partial charge in [-0.3, -0.25) is 9.59 Å². The van der Waals surface area contributed by atoms with Gasteiger partial charge in [-0.2, -0.15) is 0 Å². The second-order valence-electron chi connectivity index (χ2n) is 6.40. The summed E-state index contributed by atoms with van der Waals surface area (Å²) in [5, 5.41) is 1.48. The number of H-pyrrole nitrogens is 1. The van der Waals surface area contributed by atoms with E-state index in [2.05, 4.69) is 4.98 Å². The van der Waals surface area contributed by atoms with Crippen molar-refractivity contribution in [3.63, 3.8) is 0 Å². The lowest BCUT2D eigenvalue weighted by atomic mass is 10.1. The molecule has 0 fully saturated rings. The van der Waals surface area contributed by atoms with Crippen molar-refractivity contribution in [2.24, 2.45) is 0 Å². The number of para-hydroxylation sites is 1. The third-order valence-corrected chi connectivity index (χ3v) is 4.61.